The molecule has 1 N–H and O–H groups in total. The number of H-pyrrole nitrogens is 1. The SMILES string of the molecule is CC(C)(C)N(c1nn[nH]n1)C(C)(C)C. The zero-order chi connectivity index (χ0) is 11.0. The van der Waals surface area contributed by atoms with Crippen molar-refractivity contribution in [3.8, 4) is 0 Å². The quantitative estimate of drug-likeness (QED) is 0.743. The second-order valence-electron chi connectivity index (χ2n) is 5.39. The summed E-state index contributed by atoms with van der Waals surface area (Å²) in [6, 6.07) is 0. The Morgan fingerprint density at radius 3 is 1.79 bits per heavy atom. The van der Waals surface area contributed by atoms with Gasteiger partial charge in [0.25, 0.3) is 5.95 Å². The third kappa shape index (κ3) is 2.21. The van der Waals surface area contributed by atoms with Crippen LogP contribution in [0, 0.1) is 0 Å². The van der Waals surface area contributed by atoms with Crippen molar-refractivity contribution >= 4 is 5.95 Å². The number of anilines is 1. The van der Waals surface area contributed by atoms with Crippen LogP contribution in [0.25, 0.3) is 0 Å². The van der Waals surface area contributed by atoms with E-state index < -0.39 is 0 Å². The molecule has 1 aromatic heterocycles. The van der Waals surface area contributed by atoms with Crippen LogP contribution in [0.2, 0.25) is 0 Å². The Kier molecular flexibility index (Phi) is 2.52. The van der Waals surface area contributed by atoms with Crippen LogP contribution in [-0.2, 0) is 0 Å². The third-order valence-corrected chi connectivity index (χ3v) is 1.88. The van der Waals surface area contributed by atoms with Gasteiger partial charge in [-0.1, -0.05) is 5.10 Å². The van der Waals surface area contributed by atoms with Crippen LogP contribution in [0.4, 0.5) is 5.95 Å². The Balaban J connectivity index is 3.08. The van der Waals surface area contributed by atoms with Crippen molar-refractivity contribution in [2.24, 2.45) is 0 Å². The van der Waals surface area contributed by atoms with E-state index in [1.807, 2.05) is 0 Å². The molecule has 14 heavy (non-hydrogen) atoms. The number of aromatic amines is 1. The zero-order valence-electron chi connectivity index (χ0n) is 9.79. The minimum atomic E-state index is -0.0257. The lowest BCUT2D eigenvalue weighted by molar-refractivity contribution is 0.373. The lowest BCUT2D eigenvalue weighted by Gasteiger charge is -2.44. The van der Waals surface area contributed by atoms with Crippen molar-refractivity contribution in [1.82, 2.24) is 20.6 Å². The molecule has 0 saturated heterocycles. The summed E-state index contributed by atoms with van der Waals surface area (Å²) in [6.07, 6.45) is 0. The van der Waals surface area contributed by atoms with E-state index in [9.17, 15) is 0 Å². The average Bonchev–Trinajstić information content (AvgIpc) is 2.31. The van der Waals surface area contributed by atoms with E-state index in [0.29, 0.717) is 5.95 Å². The maximum absolute atomic E-state index is 4.03. The Hall–Kier alpha value is -1.13. The van der Waals surface area contributed by atoms with E-state index in [1.54, 1.807) is 0 Å². The van der Waals surface area contributed by atoms with E-state index >= 15 is 0 Å². The Morgan fingerprint density at radius 2 is 1.50 bits per heavy atom. The Labute approximate surface area is 84.9 Å². The smallest absolute Gasteiger partial charge is 0.266 e. The van der Waals surface area contributed by atoms with Gasteiger partial charge in [0.2, 0.25) is 0 Å². The number of hydrogen-bond donors (Lipinski definition) is 1. The molecule has 0 aliphatic heterocycles. The summed E-state index contributed by atoms with van der Waals surface area (Å²) in [5.74, 6) is 0.644. The van der Waals surface area contributed by atoms with Crippen LogP contribution in [0.1, 0.15) is 41.5 Å². The molecule has 0 amide bonds. The molecule has 1 aromatic rings. The minimum absolute atomic E-state index is 0.0257. The third-order valence-electron chi connectivity index (χ3n) is 1.88. The van der Waals surface area contributed by atoms with Crippen molar-refractivity contribution in [1.29, 1.82) is 0 Å². The number of tetrazole rings is 1. The molecule has 0 radical (unpaired) electrons. The van der Waals surface area contributed by atoms with Gasteiger partial charge in [-0.25, -0.2) is 0 Å². The molecule has 80 valence electrons. The fraction of sp³-hybridized carbons (Fsp3) is 0.889. The number of rotatable bonds is 1. The summed E-state index contributed by atoms with van der Waals surface area (Å²) in [5, 5.41) is 14.1. The number of aromatic nitrogens is 4. The molecule has 0 unspecified atom stereocenters. The van der Waals surface area contributed by atoms with E-state index in [-0.39, 0.29) is 11.1 Å². The van der Waals surface area contributed by atoms with Crippen molar-refractivity contribution in [2.45, 2.75) is 52.6 Å². The summed E-state index contributed by atoms with van der Waals surface area (Å²) in [6.45, 7) is 12.8. The van der Waals surface area contributed by atoms with Crippen molar-refractivity contribution < 1.29 is 0 Å². The standard InChI is InChI=1S/C9H19N5/c1-8(2,3)14(9(4,5)6)7-10-12-13-11-7/h1-6H3,(H,10,11,12,13). The maximum Gasteiger partial charge on any atom is 0.266 e. The highest BCUT2D eigenvalue weighted by atomic mass is 15.5. The molecular weight excluding hydrogens is 178 g/mol. The zero-order valence-corrected chi connectivity index (χ0v) is 9.79. The first-order valence-corrected chi connectivity index (χ1v) is 4.77. The van der Waals surface area contributed by atoms with Gasteiger partial charge in [-0.2, -0.15) is 5.21 Å². The van der Waals surface area contributed by atoms with Gasteiger partial charge in [0.1, 0.15) is 0 Å². The molecule has 1 heterocycles. The second-order valence-corrected chi connectivity index (χ2v) is 5.39. The minimum Gasteiger partial charge on any atom is -0.329 e. The lowest BCUT2D eigenvalue weighted by Crippen LogP contribution is -2.53. The van der Waals surface area contributed by atoms with E-state index in [2.05, 4.69) is 67.1 Å². The molecule has 0 aliphatic carbocycles. The fourth-order valence-electron chi connectivity index (χ4n) is 1.86. The molecular formula is C9H19N5. The first-order valence-electron chi connectivity index (χ1n) is 4.77. The highest BCUT2D eigenvalue weighted by Crippen LogP contribution is 2.28. The van der Waals surface area contributed by atoms with E-state index in [1.165, 1.54) is 0 Å². The highest BCUT2D eigenvalue weighted by Gasteiger charge is 2.34. The summed E-state index contributed by atoms with van der Waals surface area (Å²) in [4.78, 5) is 2.14. The van der Waals surface area contributed by atoms with Gasteiger partial charge in [0, 0.05) is 11.1 Å². The average molecular weight is 197 g/mol. The predicted octanol–water partition coefficient (Wildman–Crippen LogP) is 1.60. The van der Waals surface area contributed by atoms with Crippen LogP contribution in [0.5, 0.6) is 0 Å². The summed E-state index contributed by atoms with van der Waals surface area (Å²) in [5.41, 5.74) is -0.0513. The lowest BCUT2D eigenvalue weighted by atomic mass is 9.97. The molecule has 0 aromatic carbocycles. The van der Waals surface area contributed by atoms with Crippen LogP contribution < -0.4 is 4.90 Å². The molecule has 5 heteroatoms. The molecule has 0 aliphatic rings. The summed E-state index contributed by atoms with van der Waals surface area (Å²) < 4.78 is 0. The Bertz CT molecular complexity index is 263. The van der Waals surface area contributed by atoms with Crippen molar-refractivity contribution in [3.05, 3.63) is 0 Å². The van der Waals surface area contributed by atoms with Crippen LogP contribution in [-0.4, -0.2) is 31.7 Å². The molecule has 0 fully saturated rings. The molecule has 0 saturated carbocycles. The van der Waals surface area contributed by atoms with Crippen molar-refractivity contribution in [3.63, 3.8) is 0 Å². The second kappa shape index (κ2) is 3.22. The van der Waals surface area contributed by atoms with Crippen LogP contribution >= 0.6 is 0 Å². The topological polar surface area (TPSA) is 57.7 Å². The highest BCUT2D eigenvalue weighted by molar-refractivity contribution is 5.35. The molecule has 5 nitrogen and oxygen atoms in total. The monoisotopic (exact) mass is 197 g/mol. The summed E-state index contributed by atoms with van der Waals surface area (Å²) >= 11 is 0. The summed E-state index contributed by atoms with van der Waals surface area (Å²) in [7, 11) is 0. The van der Waals surface area contributed by atoms with Gasteiger partial charge >= 0.3 is 0 Å². The van der Waals surface area contributed by atoms with Gasteiger partial charge in [0.15, 0.2) is 0 Å². The normalized spacial score (nSPS) is 13.0. The number of nitrogens with zero attached hydrogens (tertiary/aromatic N) is 4. The predicted molar refractivity (Wildman–Crippen MR) is 56.2 cm³/mol. The first kappa shape index (κ1) is 10.9. The van der Waals surface area contributed by atoms with Crippen LogP contribution in [0.15, 0.2) is 0 Å². The largest absolute Gasteiger partial charge is 0.329 e. The maximum atomic E-state index is 4.03. The van der Waals surface area contributed by atoms with Gasteiger partial charge in [-0.05, 0) is 46.8 Å². The number of nitrogens with one attached hydrogen (secondary N) is 1. The fourth-order valence-corrected chi connectivity index (χ4v) is 1.86. The van der Waals surface area contributed by atoms with Crippen LogP contribution in [0.3, 0.4) is 0 Å². The van der Waals surface area contributed by atoms with Gasteiger partial charge < -0.3 is 4.90 Å². The number of hydrogen-bond acceptors (Lipinski definition) is 4. The van der Waals surface area contributed by atoms with Gasteiger partial charge in [0.05, 0.1) is 0 Å². The van der Waals surface area contributed by atoms with E-state index in [0.717, 1.165) is 0 Å². The molecule has 0 bridgehead atoms. The Morgan fingerprint density at radius 1 is 1.00 bits per heavy atom. The first-order chi connectivity index (χ1) is 6.23. The van der Waals surface area contributed by atoms with Gasteiger partial charge in [-0.15, -0.1) is 5.10 Å². The van der Waals surface area contributed by atoms with E-state index in [4.69, 9.17) is 0 Å². The molecule has 0 spiro atoms. The van der Waals surface area contributed by atoms with Gasteiger partial charge in [-0.3, -0.25) is 0 Å². The molecule has 0 atom stereocenters. The van der Waals surface area contributed by atoms with Crippen molar-refractivity contribution in [2.75, 3.05) is 4.90 Å². The molecule has 1 rings (SSSR count).